The van der Waals surface area contributed by atoms with Crippen LogP contribution in [-0.2, 0) is 0 Å². The fraction of sp³-hybridized carbons (Fsp3) is 0.0588. The monoisotopic (exact) mass is 314 g/mol. The molecule has 0 atom stereocenters. The van der Waals surface area contributed by atoms with Gasteiger partial charge in [0.15, 0.2) is 5.82 Å². The molecule has 0 unspecified atom stereocenters. The number of halogens is 2. The fourth-order valence-electron chi connectivity index (χ4n) is 2.10. The van der Waals surface area contributed by atoms with Gasteiger partial charge in [0.2, 0.25) is 0 Å². The summed E-state index contributed by atoms with van der Waals surface area (Å²) in [6.45, 7) is 0. The molecule has 0 amide bonds. The number of aromatic nitrogens is 2. The molecular formula is C17H12ClFN2O. The molecule has 0 saturated carbocycles. The van der Waals surface area contributed by atoms with Crippen LogP contribution in [0.2, 0.25) is 5.15 Å². The van der Waals surface area contributed by atoms with Crippen LogP contribution >= 0.6 is 11.6 Å². The van der Waals surface area contributed by atoms with E-state index in [1.165, 1.54) is 12.1 Å². The van der Waals surface area contributed by atoms with Gasteiger partial charge in [-0.05, 0) is 24.3 Å². The van der Waals surface area contributed by atoms with Crippen LogP contribution in [0.15, 0.2) is 54.6 Å². The molecule has 1 aromatic heterocycles. The molecule has 0 aliphatic rings. The van der Waals surface area contributed by atoms with Gasteiger partial charge in [-0.1, -0.05) is 35.9 Å². The molecule has 0 saturated heterocycles. The standard InChI is InChI=1S/C17H12ClFN2O/c1-22-14-7-3-4-11(9-14)15-10-16(18)21-17(20-15)12-5-2-6-13(19)8-12/h2-10H,1H3. The van der Waals surface area contributed by atoms with Crippen molar-refractivity contribution in [3.63, 3.8) is 0 Å². The van der Waals surface area contributed by atoms with Crippen molar-refractivity contribution in [1.82, 2.24) is 9.97 Å². The minimum absolute atomic E-state index is 0.298. The van der Waals surface area contributed by atoms with Gasteiger partial charge in [-0.15, -0.1) is 0 Å². The second kappa shape index (κ2) is 6.12. The summed E-state index contributed by atoms with van der Waals surface area (Å²) in [7, 11) is 1.60. The molecule has 2 aromatic carbocycles. The predicted octanol–water partition coefficient (Wildman–Crippen LogP) is 4.61. The molecule has 5 heteroatoms. The van der Waals surface area contributed by atoms with Crippen LogP contribution in [0.4, 0.5) is 4.39 Å². The SMILES string of the molecule is COc1cccc(-c2cc(Cl)nc(-c3cccc(F)c3)n2)c1. The zero-order chi connectivity index (χ0) is 15.5. The van der Waals surface area contributed by atoms with E-state index < -0.39 is 0 Å². The van der Waals surface area contributed by atoms with E-state index >= 15 is 0 Å². The van der Waals surface area contributed by atoms with Crippen molar-refractivity contribution in [3.05, 3.63) is 65.6 Å². The summed E-state index contributed by atoms with van der Waals surface area (Å²) in [6, 6.07) is 15.2. The number of ether oxygens (including phenoxy) is 1. The van der Waals surface area contributed by atoms with Crippen molar-refractivity contribution in [1.29, 1.82) is 0 Å². The Hall–Kier alpha value is -2.46. The summed E-state index contributed by atoms with van der Waals surface area (Å²) in [5, 5.41) is 0.298. The van der Waals surface area contributed by atoms with Crippen molar-refractivity contribution in [2.75, 3.05) is 7.11 Å². The lowest BCUT2D eigenvalue weighted by Gasteiger charge is -2.07. The zero-order valence-corrected chi connectivity index (χ0v) is 12.5. The first-order valence-corrected chi connectivity index (χ1v) is 6.98. The Morgan fingerprint density at radius 1 is 0.955 bits per heavy atom. The normalized spacial score (nSPS) is 10.5. The van der Waals surface area contributed by atoms with Crippen molar-refractivity contribution < 1.29 is 9.13 Å². The Morgan fingerprint density at radius 2 is 1.73 bits per heavy atom. The lowest BCUT2D eigenvalue weighted by atomic mass is 10.1. The van der Waals surface area contributed by atoms with Crippen molar-refractivity contribution in [3.8, 4) is 28.4 Å². The highest BCUT2D eigenvalue weighted by molar-refractivity contribution is 6.29. The largest absolute Gasteiger partial charge is 0.497 e. The first-order valence-electron chi connectivity index (χ1n) is 6.60. The summed E-state index contributed by atoms with van der Waals surface area (Å²) in [5.74, 6) is 0.758. The Bertz CT molecular complexity index is 823. The highest BCUT2D eigenvalue weighted by Gasteiger charge is 2.09. The Balaban J connectivity index is 2.10. The van der Waals surface area contributed by atoms with Gasteiger partial charge in [-0.3, -0.25) is 0 Å². The third-order valence-electron chi connectivity index (χ3n) is 3.14. The minimum Gasteiger partial charge on any atom is -0.497 e. The number of methoxy groups -OCH3 is 1. The molecule has 0 bridgehead atoms. The van der Waals surface area contributed by atoms with Crippen molar-refractivity contribution in [2.45, 2.75) is 0 Å². The van der Waals surface area contributed by atoms with Gasteiger partial charge in [-0.2, -0.15) is 0 Å². The lowest BCUT2D eigenvalue weighted by Crippen LogP contribution is -1.94. The number of benzene rings is 2. The van der Waals surface area contributed by atoms with E-state index in [0.29, 0.717) is 22.2 Å². The maximum absolute atomic E-state index is 13.4. The van der Waals surface area contributed by atoms with E-state index in [0.717, 1.165) is 11.3 Å². The van der Waals surface area contributed by atoms with Gasteiger partial charge in [-0.25, -0.2) is 14.4 Å². The van der Waals surface area contributed by atoms with E-state index in [1.807, 2.05) is 24.3 Å². The van der Waals surface area contributed by atoms with Crippen LogP contribution in [-0.4, -0.2) is 17.1 Å². The molecule has 0 aliphatic heterocycles. The predicted molar refractivity (Wildman–Crippen MR) is 84.4 cm³/mol. The molecule has 0 N–H and O–H groups in total. The van der Waals surface area contributed by atoms with Crippen LogP contribution in [0.1, 0.15) is 0 Å². The molecule has 110 valence electrons. The number of hydrogen-bond donors (Lipinski definition) is 0. The van der Waals surface area contributed by atoms with Gasteiger partial charge in [0, 0.05) is 17.2 Å². The van der Waals surface area contributed by atoms with Crippen LogP contribution in [0.3, 0.4) is 0 Å². The second-order valence-electron chi connectivity index (χ2n) is 4.64. The third-order valence-corrected chi connectivity index (χ3v) is 3.34. The quantitative estimate of drug-likeness (QED) is 0.662. The molecule has 0 radical (unpaired) electrons. The van der Waals surface area contributed by atoms with Gasteiger partial charge in [0.1, 0.15) is 16.7 Å². The zero-order valence-electron chi connectivity index (χ0n) is 11.8. The first kappa shape index (κ1) is 14.5. The number of nitrogens with zero attached hydrogens (tertiary/aromatic N) is 2. The number of rotatable bonds is 3. The molecule has 22 heavy (non-hydrogen) atoms. The molecule has 1 heterocycles. The summed E-state index contributed by atoms with van der Waals surface area (Å²) in [6.07, 6.45) is 0. The summed E-state index contributed by atoms with van der Waals surface area (Å²) >= 11 is 6.09. The molecule has 3 aromatic rings. The topological polar surface area (TPSA) is 35.0 Å². The average Bonchev–Trinajstić information content (AvgIpc) is 2.54. The average molecular weight is 315 g/mol. The molecule has 0 spiro atoms. The van der Waals surface area contributed by atoms with Crippen molar-refractivity contribution in [2.24, 2.45) is 0 Å². The minimum atomic E-state index is -0.344. The van der Waals surface area contributed by atoms with Gasteiger partial charge < -0.3 is 4.74 Å². The van der Waals surface area contributed by atoms with E-state index in [1.54, 1.807) is 25.3 Å². The van der Waals surface area contributed by atoms with Gasteiger partial charge in [0.05, 0.1) is 12.8 Å². The van der Waals surface area contributed by atoms with E-state index in [2.05, 4.69) is 9.97 Å². The summed E-state index contributed by atoms with van der Waals surface area (Å²) in [4.78, 5) is 8.64. The molecule has 0 aliphatic carbocycles. The Kier molecular flexibility index (Phi) is 4.02. The van der Waals surface area contributed by atoms with Crippen LogP contribution in [0.5, 0.6) is 5.75 Å². The van der Waals surface area contributed by atoms with E-state index in [9.17, 15) is 4.39 Å². The molecule has 0 fully saturated rings. The smallest absolute Gasteiger partial charge is 0.161 e. The third kappa shape index (κ3) is 3.07. The maximum atomic E-state index is 13.4. The highest BCUT2D eigenvalue weighted by Crippen LogP contribution is 2.26. The van der Waals surface area contributed by atoms with Crippen LogP contribution < -0.4 is 4.74 Å². The summed E-state index contributed by atoms with van der Waals surface area (Å²) < 4.78 is 18.6. The van der Waals surface area contributed by atoms with Gasteiger partial charge in [0.25, 0.3) is 0 Å². The van der Waals surface area contributed by atoms with Crippen molar-refractivity contribution >= 4 is 11.6 Å². The molecular weight excluding hydrogens is 303 g/mol. The first-order chi connectivity index (χ1) is 10.7. The maximum Gasteiger partial charge on any atom is 0.161 e. The molecule has 3 rings (SSSR count). The van der Waals surface area contributed by atoms with Gasteiger partial charge >= 0.3 is 0 Å². The fourth-order valence-corrected chi connectivity index (χ4v) is 2.29. The Labute approximate surface area is 132 Å². The molecule has 3 nitrogen and oxygen atoms in total. The van der Waals surface area contributed by atoms with E-state index in [-0.39, 0.29) is 5.82 Å². The Morgan fingerprint density at radius 3 is 2.50 bits per heavy atom. The summed E-state index contributed by atoms with van der Waals surface area (Å²) in [5.41, 5.74) is 2.08. The lowest BCUT2D eigenvalue weighted by molar-refractivity contribution is 0.415. The second-order valence-corrected chi connectivity index (χ2v) is 5.03. The highest BCUT2D eigenvalue weighted by atomic mass is 35.5. The number of hydrogen-bond acceptors (Lipinski definition) is 3. The van der Waals surface area contributed by atoms with Crippen LogP contribution in [0, 0.1) is 5.82 Å². The van der Waals surface area contributed by atoms with E-state index in [4.69, 9.17) is 16.3 Å². The van der Waals surface area contributed by atoms with Crippen LogP contribution in [0.25, 0.3) is 22.6 Å².